The van der Waals surface area contributed by atoms with Crippen molar-refractivity contribution in [2.45, 2.75) is 31.4 Å². The molecule has 1 saturated heterocycles. The first kappa shape index (κ1) is 19.2. The van der Waals surface area contributed by atoms with Crippen LogP contribution in [0.15, 0.2) is 42.6 Å². The molecule has 0 spiro atoms. The molecule has 0 N–H and O–H groups in total. The Morgan fingerprint density at radius 3 is 2.48 bits per heavy atom. The van der Waals surface area contributed by atoms with Gasteiger partial charge in [-0.25, -0.2) is 0 Å². The van der Waals surface area contributed by atoms with Gasteiger partial charge in [0.25, 0.3) is 5.91 Å². The van der Waals surface area contributed by atoms with Gasteiger partial charge in [0.1, 0.15) is 11.4 Å². The van der Waals surface area contributed by atoms with Crippen LogP contribution in [0.25, 0.3) is 0 Å². The zero-order valence-electron chi connectivity index (χ0n) is 15.0. The topological polar surface area (TPSA) is 42.4 Å². The number of benzene rings is 1. The number of amides is 1. The molecule has 0 bridgehead atoms. The fourth-order valence-corrected chi connectivity index (χ4v) is 3.35. The second-order valence-corrected chi connectivity index (χ2v) is 6.65. The van der Waals surface area contributed by atoms with Gasteiger partial charge in [0.05, 0.1) is 12.7 Å². The summed E-state index contributed by atoms with van der Waals surface area (Å²) in [5.41, 5.74) is 0.311. The third-order valence-electron chi connectivity index (χ3n) is 4.85. The van der Waals surface area contributed by atoms with Crippen molar-refractivity contribution in [2.24, 2.45) is 0 Å². The van der Waals surface area contributed by atoms with E-state index in [1.54, 1.807) is 12.0 Å². The lowest BCUT2D eigenvalue weighted by Gasteiger charge is -2.25. The van der Waals surface area contributed by atoms with Crippen LogP contribution in [0.4, 0.5) is 13.2 Å². The Hall–Kier alpha value is -2.57. The Kier molecular flexibility index (Phi) is 5.68. The Morgan fingerprint density at radius 1 is 1.15 bits per heavy atom. The van der Waals surface area contributed by atoms with E-state index in [4.69, 9.17) is 4.74 Å². The maximum absolute atomic E-state index is 12.8. The van der Waals surface area contributed by atoms with Gasteiger partial charge in [0.2, 0.25) is 0 Å². The number of carbonyl (C=O) groups is 1. The second kappa shape index (κ2) is 7.98. The lowest BCUT2D eigenvalue weighted by atomic mass is 9.94. The summed E-state index contributed by atoms with van der Waals surface area (Å²) >= 11 is 0. The van der Waals surface area contributed by atoms with Gasteiger partial charge >= 0.3 is 6.18 Å². The number of hydrogen-bond donors (Lipinski definition) is 0. The monoisotopic (exact) mass is 378 g/mol. The van der Waals surface area contributed by atoms with Crippen molar-refractivity contribution in [3.63, 3.8) is 0 Å². The summed E-state index contributed by atoms with van der Waals surface area (Å²) in [6, 6.07) is 9.84. The Labute approximate surface area is 156 Å². The van der Waals surface area contributed by atoms with Crippen molar-refractivity contribution in [2.75, 3.05) is 20.2 Å². The second-order valence-electron chi connectivity index (χ2n) is 6.65. The molecule has 0 saturated carbocycles. The highest BCUT2D eigenvalue weighted by molar-refractivity contribution is 5.94. The summed E-state index contributed by atoms with van der Waals surface area (Å²) in [5.74, 6) is 0.678. The zero-order chi connectivity index (χ0) is 19.4. The van der Waals surface area contributed by atoms with E-state index in [2.05, 4.69) is 4.98 Å². The Bertz CT molecular complexity index is 773. The molecular formula is C20H21F3N2O2. The largest absolute Gasteiger partial charge is 0.497 e. The first-order valence-electron chi connectivity index (χ1n) is 8.85. The molecule has 0 radical (unpaired) electrons. The van der Waals surface area contributed by atoms with Crippen molar-refractivity contribution in [1.29, 1.82) is 0 Å². The number of aromatic nitrogens is 1. The average molecular weight is 378 g/mol. The van der Waals surface area contributed by atoms with Gasteiger partial charge in [-0.3, -0.25) is 9.78 Å². The summed E-state index contributed by atoms with van der Waals surface area (Å²) in [6.45, 7) is 1.12. The molecule has 7 heteroatoms. The van der Waals surface area contributed by atoms with Crippen molar-refractivity contribution >= 4 is 5.91 Å². The van der Waals surface area contributed by atoms with Crippen molar-refractivity contribution < 1.29 is 22.7 Å². The SMILES string of the molecule is COc1ccc(C2CCCCN(C(=O)c3ccc(C(F)(F)F)nc3)C2)cc1. The maximum Gasteiger partial charge on any atom is 0.433 e. The number of hydrogen-bond acceptors (Lipinski definition) is 3. The lowest BCUT2D eigenvalue weighted by Crippen LogP contribution is -2.34. The molecule has 144 valence electrons. The highest BCUT2D eigenvalue weighted by Gasteiger charge is 2.32. The van der Waals surface area contributed by atoms with Crippen molar-refractivity contribution in [1.82, 2.24) is 9.88 Å². The van der Waals surface area contributed by atoms with Crippen LogP contribution in [0, 0.1) is 0 Å². The number of carbonyl (C=O) groups excluding carboxylic acids is 1. The number of ether oxygens (including phenoxy) is 1. The van der Waals surface area contributed by atoms with Crippen LogP contribution in [0.5, 0.6) is 5.75 Å². The molecule has 2 aromatic rings. The molecule has 4 nitrogen and oxygen atoms in total. The van der Waals surface area contributed by atoms with Crippen LogP contribution in [-0.2, 0) is 6.18 Å². The van der Waals surface area contributed by atoms with E-state index in [9.17, 15) is 18.0 Å². The summed E-state index contributed by atoms with van der Waals surface area (Å²) in [5, 5.41) is 0. The molecule has 3 rings (SSSR count). The molecule has 2 heterocycles. The molecule has 0 aliphatic carbocycles. The zero-order valence-corrected chi connectivity index (χ0v) is 15.0. The molecular weight excluding hydrogens is 357 g/mol. The number of likely N-dealkylation sites (tertiary alicyclic amines) is 1. The number of alkyl halides is 3. The molecule has 1 aromatic carbocycles. The molecule has 1 aromatic heterocycles. The van der Waals surface area contributed by atoms with E-state index < -0.39 is 11.9 Å². The van der Waals surface area contributed by atoms with Gasteiger partial charge in [-0.2, -0.15) is 13.2 Å². The predicted octanol–water partition coefficient (Wildman–Crippen LogP) is 4.52. The first-order chi connectivity index (χ1) is 12.9. The normalized spacial score (nSPS) is 18.1. The summed E-state index contributed by atoms with van der Waals surface area (Å²) in [6.07, 6.45) is -0.679. The van der Waals surface area contributed by atoms with Crippen molar-refractivity contribution in [3.05, 3.63) is 59.4 Å². The predicted molar refractivity (Wildman–Crippen MR) is 94.7 cm³/mol. The molecule has 1 unspecified atom stereocenters. The average Bonchev–Trinajstić information content (AvgIpc) is 2.93. The third kappa shape index (κ3) is 4.59. The molecule has 1 aliphatic heterocycles. The number of nitrogens with zero attached hydrogens (tertiary/aromatic N) is 2. The lowest BCUT2D eigenvalue weighted by molar-refractivity contribution is -0.141. The quantitative estimate of drug-likeness (QED) is 0.789. The van der Waals surface area contributed by atoms with E-state index >= 15 is 0 Å². The van der Waals surface area contributed by atoms with Crippen LogP contribution >= 0.6 is 0 Å². The minimum atomic E-state index is -4.51. The van der Waals surface area contributed by atoms with E-state index in [-0.39, 0.29) is 17.4 Å². The van der Waals surface area contributed by atoms with Crippen LogP contribution < -0.4 is 4.74 Å². The van der Waals surface area contributed by atoms with Gasteiger partial charge in [0.15, 0.2) is 0 Å². The highest BCUT2D eigenvalue weighted by Crippen LogP contribution is 2.30. The first-order valence-corrected chi connectivity index (χ1v) is 8.85. The molecule has 1 atom stereocenters. The van der Waals surface area contributed by atoms with Crippen LogP contribution in [0.2, 0.25) is 0 Å². The maximum atomic E-state index is 12.8. The van der Waals surface area contributed by atoms with Gasteiger partial charge in [0, 0.05) is 25.2 Å². The number of methoxy groups -OCH3 is 1. The molecule has 27 heavy (non-hydrogen) atoms. The molecule has 1 aliphatic rings. The third-order valence-corrected chi connectivity index (χ3v) is 4.85. The number of pyridine rings is 1. The smallest absolute Gasteiger partial charge is 0.433 e. The summed E-state index contributed by atoms with van der Waals surface area (Å²) < 4.78 is 43.1. The summed E-state index contributed by atoms with van der Waals surface area (Å²) in [4.78, 5) is 17.9. The van der Waals surface area contributed by atoms with Crippen LogP contribution in [0.1, 0.15) is 46.8 Å². The highest BCUT2D eigenvalue weighted by atomic mass is 19.4. The van der Waals surface area contributed by atoms with Gasteiger partial charge < -0.3 is 9.64 Å². The van der Waals surface area contributed by atoms with Gasteiger partial charge in [-0.05, 0) is 42.7 Å². The van der Waals surface area contributed by atoms with Gasteiger partial charge in [-0.15, -0.1) is 0 Å². The van der Waals surface area contributed by atoms with Crippen molar-refractivity contribution in [3.8, 4) is 5.75 Å². The van der Waals surface area contributed by atoms with E-state index in [0.717, 1.165) is 42.8 Å². The van der Waals surface area contributed by atoms with E-state index in [1.165, 1.54) is 6.07 Å². The minimum Gasteiger partial charge on any atom is -0.497 e. The number of rotatable bonds is 3. The number of halogens is 3. The minimum absolute atomic E-state index is 0.179. The van der Waals surface area contributed by atoms with Crippen LogP contribution in [0.3, 0.4) is 0 Å². The fourth-order valence-electron chi connectivity index (χ4n) is 3.35. The Morgan fingerprint density at radius 2 is 1.89 bits per heavy atom. The summed E-state index contributed by atoms with van der Waals surface area (Å²) in [7, 11) is 1.61. The fraction of sp³-hybridized carbons (Fsp3) is 0.400. The standard InChI is InChI=1S/C20H21F3N2O2/c1-27-17-8-5-14(6-9-17)16-4-2-3-11-25(13-16)19(26)15-7-10-18(24-12-15)20(21,22)23/h5-10,12,16H,2-4,11,13H2,1H3. The molecule has 1 fully saturated rings. The van der Waals surface area contributed by atoms with E-state index in [0.29, 0.717) is 13.1 Å². The molecule has 1 amide bonds. The Balaban J connectivity index is 1.75. The van der Waals surface area contributed by atoms with Crippen LogP contribution in [-0.4, -0.2) is 36.0 Å². The van der Waals surface area contributed by atoms with E-state index in [1.807, 2.05) is 24.3 Å². The van der Waals surface area contributed by atoms with Gasteiger partial charge in [-0.1, -0.05) is 18.6 Å².